The first-order valence-corrected chi connectivity index (χ1v) is 10.3. The second-order valence-corrected chi connectivity index (χ2v) is 9.09. The highest BCUT2D eigenvalue weighted by Crippen LogP contribution is 2.45. The molecule has 3 heterocycles. The number of carbonyl (C=O) groups excluding carboxylic acids is 1. The van der Waals surface area contributed by atoms with Crippen LogP contribution in [0.15, 0.2) is 12.5 Å². The van der Waals surface area contributed by atoms with Crippen molar-refractivity contribution in [2.24, 2.45) is 11.3 Å². The molecule has 2 saturated carbocycles. The lowest BCUT2D eigenvalue weighted by molar-refractivity contribution is -0.142. The third kappa shape index (κ3) is 3.26. The third-order valence-corrected chi connectivity index (χ3v) is 7.00. The predicted molar refractivity (Wildman–Crippen MR) is 97.9 cm³/mol. The minimum absolute atomic E-state index is 0.0355. The van der Waals surface area contributed by atoms with Crippen molar-refractivity contribution in [1.82, 2.24) is 19.4 Å². The van der Waals surface area contributed by atoms with Gasteiger partial charge in [0, 0.05) is 44.3 Å². The van der Waals surface area contributed by atoms with E-state index in [4.69, 9.17) is 0 Å². The topological polar surface area (TPSA) is 78.7 Å². The number of rotatable bonds is 5. The first-order chi connectivity index (χ1) is 13.0. The highest BCUT2D eigenvalue weighted by Gasteiger charge is 2.49. The molecule has 1 aromatic rings. The highest BCUT2D eigenvalue weighted by molar-refractivity contribution is 5.81. The average molecular weight is 372 g/mol. The number of nitrogens with zero attached hydrogens (tertiary/aromatic N) is 4. The largest absolute Gasteiger partial charge is 0.480 e. The number of carboxylic acids is 1. The zero-order valence-corrected chi connectivity index (χ0v) is 15.7. The Hall–Kier alpha value is -1.89. The molecule has 1 atom stereocenters. The van der Waals surface area contributed by atoms with E-state index in [0.717, 1.165) is 51.0 Å². The molecular weight excluding hydrogens is 344 g/mol. The third-order valence-electron chi connectivity index (χ3n) is 7.00. The molecule has 1 N–H and O–H groups in total. The molecule has 0 radical (unpaired) electrons. The van der Waals surface area contributed by atoms with Gasteiger partial charge in [-0.1, -0.05) is 0 Å². The maximum Gasteiger partial charge on any atom is 0.320 e. The quantitative estimate of drug-likeness (QED) is 0.854. The normalized spacial score (nSPS) is 28.0. The lowest BCUT2D eigenvalue weighted by Crippen LogP contribution is -2.44. The van der Waals surface area contributed by atoms with Crippen molar-refractivity contribution in [2.45, 2.75) is 63.6 Å². The van der Waals surface area contributed by atoms with Crippen LogP contribution in [0.25, 0.3) is 0 Å². The molecule has 7 heteroatoms. The Balaban J connectivity index is 1.28. The molecule has 7 nitrogen and oxygen atoms in total. The van der Waals surface area contributed by atoms with Gasteiger partial charge in [0.15, 0.2) is 0 Å². The van der Waals surface area contributed by atoms with Gasteiger partial charge >= 0.3 is 5.97 Å². The van der Waals surface area contributed by atoms with Crippen LogP contribution in [0.2, 0.25) is 0 Å². The lowest BCUT2D eigenvalue weighted by atomic mass is 9.76. The zero-order valence-electron chi connectivity index (χ0n) is 15.7. The second-order valence-electron chi connectivity index (χ2n) is 9.09. The van der Waals surface area contributed by atoms with Crippen LogP contribution in [0.1, 0.15) is 56.7 Å². The molecule has 1 spiro atoms. The summed E-state index contributed by atoms with van der Waals surface area (Å²) in [7, 11) is 0. The van der Waals surface area contributed by atoms with Crippen LogP contribution in [0.5, 0.6) is 0 Å². The van der Waals surface area contributed by atoms with Crippen LogP contribution in [-0.2, 0) is 16.1 Å². The Kier molecular flexibility index (Phi) is 4.04. The summed E-state index contributed by atoms with van der Waals surface area (Å²) in [6.45, 7) is 3.04. The van der Waals surface area contributed by atoms with Crippen LogP contribution < -0.4 is 0 Å². The van der Waals surface area contributed by atoms with Crippen LogP contribution in [-0.4, -0.2) is 62.0 Å². The van der Waals surface area contributed by atoms with E-state index >= 15 is 0 Å². The van der Waals surface area contributed by atoms with Gasteiger partial charge in [0.05, 0.1) is 12.0 Å². The standard InChI is InChI=1S/C20H28N4O3/c25-18(14-1-2-14)22-7-5-20(6-8-22)9-17(19(26)27)23(12-20)11-16-10-21-13-24(16)15-3-4-15/h10,13-15,17H,1-9,11-12H2,(H,26,27)/t17-/m1/s1. The summed E-state index contributed by atoms with van der Waals surface area (Å²) in [6, 6.07) is 0.122. The number of piperidine rings is 1. The SMILES string of the molecule is O=C(O)[C@H]1CC2(CCN(C(=O)C3CC3)CC2)CN1Cc1cncn1C1CC1. The van der Waals surface area contributed by atoms with Gasteiger partial charge in [-0.3, -0.25) is 14.5 Å². The molecule has 5 rings (SSSR count). The number of amides is 1. The Morgan fingerprint density at radius 3 is 2.56 bits per heavy atom. The van der Waals surface area contributed by atoms with Gasteiger partial charge in [0.1, 0.15) is 6.04 Å². The summed E-state index contributed by atoms with van der Waals surface area (Å²) in [5.74, 6) is -0.128. The number of hydrogen-bond acceptors (Lipinski definition) is 4. The van der Waals surface area contributed by atoms with Crippen molar-refractivity contribution < 1.29 is 14.7 Å². The van der Waals surface area contributed by atoms with Gasteiger partial charge < -0.3 is 14.6 Å². The van der Waals surface area contributed by atoms with Gasteiger partial charge in [-0.05, 0) is 50.4 Å². The van der Waals surface area contributed by atoms with Gasteiger partial charge in [-0.2, -0.15) is 0 Å². The van der Waals surface area contributed by atoms with Gasteiger partial charge in [-0.25, -0.2) is 4.98 Å². The van der Waals surface area contributed by atoms with Crippen LogP contribution >= 0.6 is 0 Å². The monoisotopic (exact) mass is 372 g/mol. The maximum absolute atomic E-state index is 12.3. The first-order valence-electron chi connectivity index (χ1n) is 10.3. The summed E-state index contributed by atoms with van der Waals surface area (Å²) >= 11 is 0. The molecule has 0 aromatic carbocycles. The molecule has 146 valence electrons. The van der Waals surface area contributed by atoms with E-state index in [1.54, 1.807) is 0 Å². The van der Waals surface area contributed by atoms with Crippen LogP contribution in [0.3, 0.4) is 0 Å². The Bertz CT molecular complexity index is 744. The summed E-state index contributed by atoms with van der Waals surface area (Å²) in [6.07, 6.45) is 10.8. The van der Waals surface area contributed by atoms with Gasteiger partial charge in [0.2, 0.25) is 5.91 Å². The first kappa shape index (κ1) is 17.2. The van der Waals surface area contributed by atoms with Crippen molar-refractivity contribution in [1.29, 1.82) is 0 Å². The Morgan fingerprint density at radius 1 is 1.19 bits per heavy atom. The molecule has 2 saturated heterocycles. The fourth-order valence-corrected chi connectivity index (χ4v) is 5.05. The Labute approximate surface area is 159 Å². The maximum atomic E-state index is 12.3. The molecule has 1 amide bonds. The number of aromatic nitrogens is 2. The summed E-state index contributed by atoms with van der Waals surface area (Å²) in [4.78, 5) is 32.7. The summed E-state index contributed by atoms with van der Waals surface area (Å²) in [5.41, 5.74) is 1.16. The van der Waals surface area contributed by atoms with E-state index in [0.29, 0.717) is 24.9 Å². The summed E-state index contributed by atoms with van der Waals surface area (Å²) < 4.78 is 2.22. The average Bonchev–Trinajstić information content (AvgIpc) is 3.58. The van der Waals surface area contributed by atoms with Crippen molar-refractivity contribution >= 4 is 11.9 Å². The van der Waals surface area contributed by atoms with E-state index in [-0.39, 0.29) is 11.3 Å². The predicted octanol–water partition coefficient (Wildman–Crippen LogP) is 1.90. The number of likely N-dealkylation sites (tertiary alicyclic amines) is 2. The molecule has 2 aliphatic heterocycles. The van der Waals surface area contributed by atoms with Crippen LogP contribution in [0.4, 0.5) is 0 Å². The number of imidazole rings is 1. The van der Waals surface area contributed by atoms with E-state index in [1.807, 2.05) is 17.4 Å². The van der Waals surface area contributed by atoms with Crippen molar-refractivity contribution in [3.63, 3.8) is 0 Å². The fourth-order valence-electron chi connectivity index (χ4n) is 5.05. The number of aliphatic carboxylic acids is 1. The van der Waals surface area contributed by atoms with E-state index in [1.165, 1.54) is 12.8 Å². The molecule has 0 bridgehead atoms. The summed E-state index contributed by atoms with van der Waals surface area (Å²) in [5, 5.41) is 9.81. The fraction of sp³-hybridized carbons (Fsp3) is 0.750. The van der Waals surface area contributed by atoms with Gasteiger partial charge in [0.25, 0.3) is 0 Å². The molecular formula is C20H28N4O3. The smallest absolute Gasteiger partial charge is 0.320 e. The van der Waals surface area contributed by atoms with E-state index in [2.05, 4.69) is 14.5 Å². The van der Waals surface area contributed by atoms with Crippen molar-refractivity contribution in [2.75, 3.05) is 19.6 Å². The molecule has 4 fully saturated rings. The lowest BCUT2D eigenvalue weighted by Gasteiger charge is -2.39. The number of hydrogen-bond donors (Lipinski definition) is 1. The van der Waals surface area contributed by atoms with E-state index in [9.17, 15) is 14.7 Å². The zero-order chi connectivity index (χ0) is 18.6. The minimum atomic E-state index is -0.721. The molecule has 2 aliphatic carbocycles. The Morgan fingerprint density at radius 2 is 1.93 bits per heavy atom. The highest BCUT2D eigenvalue weighted by atomic mass is 16.4. The molecule has 0 unspecified atom stereocenters. The number of carbonyl (C=O) groups is 2. The molecule has 27 heavy (non-hydrogen) atoms. The number of carboxylic acid groups (broad SMARTS) is 1. The van der Waals surface area contributed by atoms with Crippen LogP contribution in [0, 0.1) is 11.3 Å². The second kappa shape index (κ2) is 6.33. The van der Waals surface area contributed by atoms with E-state index < -0.39 is 12.0 Å². The van der Waals surface area contributed by atoms with Crippen molar-refractivity contribution in [3.8, 4) is 0 Å². The molecule has 4 aliphatic rings. The van der Waals surface area contributed by atoms with Crippen molar-refractivity contribution in [3.05, 3.63) is 18.2 Å². The van der Waals surface area contributed by atoms with Gasteiger partial charge in [-0.15, -0.1) is 0 Å². The molecule has 1 aromatic heterocycles. The minimum Gasteiger partial charge on any atom is -0.480 e.